The third kappa shape index (κ3) is 6.20. The van der Waals surface area contributed by atoms with Crippen molar-refractivity contribution in [3.05, 3.63) is 54.1 Å². The summed E-state index contributed by atoms with van der Waals surface area (Å²) in [7, 11) is 0. The Morgan fingerprint density at radius 3 is 2.19 bits per heavy atom. The van der Waals surface area contributed by atoms with Gasteiger partial charge in [-0.3, -0.25) is 9.69 Å². The molecule has 0 unspecified atom stereocenters. The summed E-state index contributed by atoms with van der Waals surface area (Å²) in [6, 6.07) is 16.7. The molecule has 8 nitrogen and oxygen atoms in total. The lowest BCUT2D eigenvalue weighted by Gasteiger charge is -2.35. The average molecular weight is 422 g/mol. The highest BCUT2D eigenvalue weighted by molar-refractivity contribution is 5.85. The molecule has 3 rings (SSSR count). The third-order valence-electron chi connectivity index (χ3n) is 5.27. The minimum Gasteiger partial charge on any atom is -0.492 e. The van der Waals surface area contributed by atoms with Crippen molar-refractivity contribution >= 4 is 12.0 Å². The molecular formula is C23H26N4O4. The SMILES string of the molecule is C[C@H](NC(=O)O)C(=O)N1CCN(CCOc2ccc(-c3ccc(C#N)cc3)cc2)CC1. The first kappa shape index (κ1) is 22.1. The number of carbonyl (C=O) groups is 2. The highest BCUT2D eigenvalue weighted by atomic mass is 16.5. The van der Waals surface area contributed by atoms with E-state index in [0.29, 0.717) is 25.3 Å². The molecule has 0 saturated carbocycles. The first-order valence-electron chi connectivity index (χ1n) is 10.2. The summed E-state index contributed by atoms with van der Waals surface area (Å²) in [6.45, 7) is 5.46. The predicted octanol–water partition coefficient (Wildman–Crippen LogP) is 2.40. The predicted molar refractivity (Wildman–Crippen MR) is 116 cm³/mol. The number of carbonyl (C=O) groups excluding carboxylic acids is 1. The Morgan fingerprint density at radius 1 is 1.06 bits per heavy atom. The highest BCUT2D eigenvalue weighted by Gasteiger charge is 2.25. The number of amides is 2. The normalized spacial score (nSPS) is 15.0. The maximum Gasteiger partial charge on any atom is 0.405 e. The second kappa shape index (κ2) is 10.5. The van der Waals surface area contributed by atoms with Gasteiger partial charge in [-0.15, -0.1) is 0 Å². The molecule has 0 spiro atoms. The van der Waals surface area contributed by atoms with Crippen LogP contribution in [0.1, 0.15) is 12.5 Å². The molecule has 1 fully saturated rings. The van der Waals surface area contributed by atoms with Gasteiger partial charge >= 0.3 is 6.09 Å². The van der Waals surface area contributed by atoms with E-state index in [4.69, 9.17) is 15.1 Å². The Hall–Kier alpha value is -3.57. The maximum absolute atomic E-state index is 12.2. The lowest BCUT2D eigenvalue weighted by Crippen LogP contribution is -2.54. The highest BCUT2D eigenvalue weighted by Crippen LogP contribution is 2.22. The van der Waals surface area contributed by atoms with Crippen LogP contribution in [0.15, 0.2) is 48.5 Å². The fraction of sp³-hybridized carbons (Fsp3) is 0.348. The van der Waals surface area contributed by atoms with Crippen molar-refractivity contribution in [1.82, 2.24) is 15.1 Å². The van der Waals surface area contributed by atoms with Crippen molar-refractivity contribution in [2.75, 3.05) is 39.3 Å². The van der Waals surface area contributed by atoms with Crippen LogP contribution in [0, 0.1) is 11.3 Å². The van der Waals surface area contributed by atoms with Crippen LogP contribution in [0.25, 0.3) is 11.1 Å². The monoisotopic (exact) mass is 422 g/mol. The van der Waals surface area contributed by atoms with E-state index in [-0.39, 0.29) is 5.91 Å². The van der Waals surface area contributed by atoms with E-state index in [0.717, 1.165) is 36.5 Å². The van der Waals surface area contributed by atoms with E-state index in [1.807, 2.05) is 36.4 Å². The summed E-state index contributed by atoms with van der Waals surface area (Å²) in [5, 5.41) is 19.8. The minimum atomic E-state index is -1.19. The van der Waals surface area contributed by atoms with Crippen LogP contribution in [0.3, 0.4) is 0 Å². The van der Waals surface area contributed by atoms with Gasteiger partial charge in [-0.2, -0.15) is 5.26 Å². The molecule has 0 bridgehead atoms. The molecule has 1 atom stereocenters. The van der Waals surface area contributed by atoms with Gasteiger partial charge in [0.05, 0.1) is 11.6 Å². The van der Waals surface area contributed by atoms with Crippen molar-refractivity contribution in [3.8, 4) is 22.9 Å². The van der Waals surface area contributed by atoms with Crippen LogP contribution in [-0.2, 0) is 4.79 Å². The van der Waals surface area contributed by atoms with Gasteiger partial charge in [0, 0.05) is 32.7 Å². The molecule has 8 heteroatoms. The van der Waals surface area contributed by atoms with Crippen LogP contribution < -0.4 is 10.1 Å². The van der Waals surface area contributed by atoms with Gasteiger partial charge in [-0.25, -0.2) is 4.79 Å². The first-order chi connectivity index (χ1) is 15.0. The molecule has 1 saturated heterocycles. The quantitative estimate of drug-likeness (QED) is 0.710. The van der Waals surface area contributed by atoms with Crippen LogP contribution in [0.4, 0.5) is 4.79 Å². The fourth-order valence-corrected chi connectivity index (χ4v) is 3.49. The number of piperazine rings is 1. The molecular weight excluding hydrogens is 396 g/mol. The number of hydrogen-bond donors (Lipinski definition) is 2. The number of ether oxygens (including phenoxy) is 1. The molecule has 162 valence electrons. The van der Waals surface area contributed by atoms with E-state index in [9.17, 15) is 9.59 Å². The van der Waals surface area contributed by atoms with Gasteiger partial charge in [-0.1, -0.05) is 24.3 Å². The number of nitrogens with one attached hydrogen (secondary N) is 1. The standard InChI is InChI=1S/C23H26N4O4/c1-17(25-23(29)30)22(28)27-12-10-26(11-13-27)14-15-31-21-8-6-20(7-9-21)19-4-2-18(16-24)3-5-19/h2-9,17,25H,10-15H2,1H3,(H,29,30)/t17-/m0/s1. The van der Waals surface area contributed by atoms with Crippen molar-refractivity contribution in [1.29, 1.82) is 5.26 Å². The summed E-state index contributed by atoms with van der Waals surface area (Å²) in [6.07, 6.45) is -1.19. The molecule has 2 aromatic carbocycles. The number of rotatable bonds is 7. The zero-order valence-electron chi connectivity index (χ0n) is 17.5. The zero-order chi connectivity index (χ0) is 22.2. The Labute approximate surface area is 181 Å². The maximum atomic E-state index is 12.2. The van der Waals surface area contributed by atoms with Crippen molar-refractivity contribution < 1.29 is 19.4 Å². The third-order valence-corrected chi connectivity index (χ3v) is 5.27. The molecule has 1 heterocycles. The second-order valence-corrected chi connectivity index (χ2v) is 7.40. The molecule has 1 aliphatic heterocycles. The van der Waals surface area contributed by atoms with Gasteiger partial charge in [0.2, 0.25) is 5.91 Å². The van der Waals surface area contributed by atoms with Crippen LogP contribution in [-0.4, -0.2) is 72.3 Å². The van der Waals surface area contributed by atoms with Crippen molar-refractivity contribution in [3.63, 3.8) is 0 Å². The Morgan fingerprint density at radius 2 is 1.65 bits per heavy atom. The summed E-state index contributed by atoms with van der Waals surface area (Å²) >= 11 is 0. The Balaban J connectivity index is 1.40. The van der Waals surface area contributed by atoms with Crippen LogP contribution >= 0.6 is 0 Å². The molecule has 0 aliphatic carbocycles. The summed E-state index contributed by atoms with van der Waals surface area (Å²) in [5.74, 6) is 0.598. The van der Waals surface area contributed by atoms with Crippen LogP contribution in [0.5, 0.6) is 5.75 Å². The zero-order valence-corrected chi connectivity index (χ0v) is 17.5. The first-order valence-corrected chi connectivity index (χ1v) is 10.2. The molecule has 2 N–H and O–H groups in total. The van der Waals surface area contributed by atoms with Crippen molar-refractivity contribution in [2.45, 2.75) is 13.0 Å². The van der Waals surface area contributed by atoms with Gasteiger partial charge in [0.15, 0.2) is 0 Å². The van der Waals surface area contributed by atoms with E-state index >= 15 is 0 Å². The van der Waals surface area contributed by atoms with E-state index in [1.165, 1.54) is 0 Å². The number of carboxylic acid groups (broad SMARTS) is 1. The van der Waals surface area contributed by atoms with E-state index in [2.05, 4.69) is 16.3 Å². The molecule has 1 aliphatic rings. The summed E-state index contributed by atoms with van der Waals surface area (Å²) in [4.78, 5) is 26.8. The lowest BCUT2D eigenvalue weighted by atomic mass is 10.0. The van der Waals surface area contributed by atoms with Crippen molar-refractivity contribution in [2.24, 2.45) is 0 Å². The smallest absolute Gasteiger partial charge is 0.405 e. The molecule has 0 radical (unpaired) electrons. The molecule has 2 aromatic rings. The molecule has 31 heavy (non-hydrogen) atoms. The fourth-order valence-electron chi connectivity index (χ4n) is 3.49. The number of nitrogens with zero attached hydrogens (tertiary/aromatic N) is 3. The topological polar surface area (TPSA) is 106 Å². The number of benzene rings is 2. The summed E-state index contributed by atoms with van der Waals surface area (Å²) < 4.78 is 5.85. The average Bonchev–Trinajstić information content (AvgIpc) is 2.79. The van der Waals surface area contributed by atoms with Gasteiger partial charge in [0.25, 0.3) is 0 Å². The molecule has 0 aromatic heterocycles. The number of nitriles is 1. The van der Waals surface area contributed by atoms with Gasteiger partial charge in [-0.05, 0) is 42.3 Å². The Kier molecular flexibility index (Phi) is 7.46. The Bertz CT molecular complexity index is 930. The number of hydrogen-bond acceptors (Lipinski definition) is 5. The minimum absolute atomic E-state index is 0.194. The second-order valence-electron chi connectivity index (χ2n) is 7.40. The van der Waals surface area contributed by atoms with Gasteiger partial charge < -0.3 is 20.1 Å². The summed E-state index contributed by atoms with van der Waals surface area (Å²) in [5.41, 5.74) is 2.75. The van der Waals surface area contributed by atoms with Crippen LogP contribution in [0.2, 0.25) is 0 Å². The van der Waals surface area contributed by atoms with E-state index < -0.39 is 12.1 Å². The lowest BCUT2D eigenvalue weighted by molar-refractivity contribution is -0.134. The van der Waals surface area contributed by atoms with Gasteiger partial charge in [0.1, 0.15) is 18.4 Å². The molecule has 2 amide bonds. The van der Waals surface area contributed by atoms with E-state index in [1.54, 1.807) is 24.0 Å². The largest absolute Gasteiger partial charge is 0.492 e.